The van der Waals surface area contributed by atoms with E-state index < -0.39 is 5.97 Å². The van der Waals surface area contributed by atoms with Gasteiger partial charge in [0.1, 0.15) is 23.7 Å². The van der Waals surface area contributed by atoms with Crippen molar-refractivity contribution in [3.8, 4) is 11.5 Å². The van der Waals surface area contributed by atoms with Gasteiger partial charge in [0.05, 0.1) is 7.11 Å². The molecule has 0 aliphatic heterocycles. The van der Waals surface area contributed by atoms with Gasteiger partial charge >= 0.3 is 5.97 Å². The molecule has 0 heterocycles. The Labute approximate surface area is 123 Å². The molecule has 0 fully saturated rings. The molecular formula is C17H18O4. The predicted molar refractivity (Wildman–Crippen MR) is 80.2 cm³/mol. The van der Waals surface area contributed by atoms with Crippen molar-refractivity contribution in [2.24, 2.45) is 0 Å². The third kappa shape index (κ3) is 3.54. The average molecular weight is 286 g/mol. The molecule has 0 bridgehead atoms. The van der Waals surface area contributed by atoms with E-state index in [4.69, 9.17) is 14.6 Å². The number of methoxy groups -OCH3 is 1. The normalized spacial score (nSPS) is 10.2. The van der Waals surface area contributed by atoms with Crippen LogP contribution >= 0.6 is 0 Å². The summed E-state index contributed by atoms with van der Waals surface area (Å²) in [5.41, 5.74) is 3.26. The summed E-state index contributed by atoms with van der Waals surface area (Å²) in [5.74, 6) is 0.153. The van der Waals surface area contributed by atoms with E-state index in [2.05, 4.69) is 6.07 Å². The lowest BCUT2D eigenvalue weighted by molar-refractivity contribution is 0.0693. The van der Waals surface area contributed by atoms with Gasteiger partial charge < -0.3 is 14.6 Å². The van der Waals surface area contributed by atoms with E-state index >= 15 is 0 Å². The van der Waals surface area contributed by atoms with Crippen molar-refractivity contribution in [1.29, 1.82) is 0 Å². The van der Waals surface area contributed by atoms with Gasteiger partial charge in [0.15, 0.2) is 0 Å². The van der Waals surface area contributed by atoms with Crippen LogP contribution in [0.15, 0.2) is 36.4 Å². The molecule has 2 aromatic rings. The highest BCUT2D eigenvalue weighted by molar-refractivity contribution is 5.90. The minimum absolute atomic E-state index is 0.146. The van der Waals surface area contributed by atoms with E-state index in [1.807, 2.05) is 26.0 Å². The molecule has 0 saturated carbocycles. The Morgan fingerprint density at radius 1 is 1.10 bits per heavy atom. The van der Waals surface area contributed by atoms with Gasteiger partial charge in [-0.3, -0.25) is 0 Å². The molecule has 0 spiro atoms. The van der Waals surface area contributed by atoms with Gasteiger partial charge in [-0.25, -0.2) is 4.79 Å². The van der Waals surface area contributed by atoms with Crippen molar-refractivity contribution >= 4 is 5.97 Å². The molecule has 4 heteroatoms. The number of carboxylic acids is 1. The maximum absolute atomic E-state index is 11.0. The Balaban J connectivity index is 2.15. The van der Waals surface area contributed by atoms with Crippen LogP contribution in [0.25, 0.3) is 0 Å². The number of carbonyl (C=O) groups is 1. The molecule has 2 aromatic carbocycles. The van der Waals surface area contributed by atoms with Crippen LogP contribution in [0.3, 0.4) is 0 Å². The van der Waals surface area contributed by atoms with Crippen LogP contribution < -0.4 is 9.47 Å². The molecule has 0 saturated heterocycles. The third-order valence-corrected chi connectivity index (χ3v) is 3.22. The average Bonchev–Trinajstić information content (AvgIpc) is 2.45. The standard InChI is InChI=1S/C17H18O4/c1-11-4-7-15(12(2)8-11)21-10-13-5-6-14(17(18)19)16(9-13)20-3/h4-9H,10H2,1-3H3,(H,18,19). The topological polar surface area (TPSA) is 55.8 Å². The monoisotopic (exact) mass is 286 g/mol. The van der Waals surface area contributed by atoms with Crippen LogP contribution in [-0.2, 0) is 6.61 Å². The first-order valence-corrected chi connectivity index (χ1v) is 6.61. The number of aryl methyl sites for hydroxylation is 2. The van der Waals surface area contributed by atoms with E-state index in [-0.39, 0.29) is 5.56 Å². The summed E-state index contributed by atoms with van der Waals surface area (Å²) >= 11 is 0. The highest BCUT2D eigenvalue weighted by Crippen LogP contribution is 2.23. The van der Waals surface area contributed by atoms with Gasteiger partial charge in [-0.1, -0.05) is 23.8 Å². The van der Waals surface area contributed by atoms with Crippen LogP contribution in [0.2, 0.25) is 0 Å². The quantitative estimate of drug-likeness (QED) is 0.912. The second-order valence-corrected chi connectivity index (χ2v) is 4.90. The van der Waals surface area contributed by atoms with Crippen LogP contribution in [0.5, 0.6) is 11.5 Å². The number of hydrogen-bond acceptors (Lipinski definition) is 3. The second kappa shape index (κ2) is 6.31. The molecule has 0 aromatic heterocycles. The predicted octanol–water partition coefficient (Wildman–Crippen LogP) is 3.59. The highest BCUT2D eigenvalue weighted by atomic mass is 16.5. The van der Waals surface area contributed by atoms with Crippen LogP contribution in [-0.4, -0.2) is 18.2 Å². The Morgan fingerprint density at radius 2 is 1.86 bits per heavy atom. The maximum Gasteiger partial charge on any atom is 0.339 e. The third-order valence-electron chi connectivity index (χ3n) is 3.22. The largest absolute Gasteiger partial charge is 0.496 e. The van der Waals surface area contributed by atoms with Crippen molar-refractivity contribution in [1.82, 2.24) is 0 Å². The van der Waals surface area contributed by atoms with Gasteiger partial charge in [-0.15, -0.1) is 0 Å². The molecule has 0 unspecified atom stereocenters. The van der Waals surface area contributed by atoms with Crippen molar-refractivity contribution in [2.45, 2.75) is 20.5 Å². The van der Waals surface area contributed by atoms with E-state index in [9.17, 15) is 4.79 Å². The van der Waals surface area contributed by atoms with Crippen LogP contribution in [0.1, 0.15) is 27.0 Å². The zero-order chi connectivity index (χ0) is 15.4. The molecule has 0 aliphatic rings. The minimum atomic E-state index is -1.01. The lowest BCUT2D eigenvalue weighted by Gasteiger charge is -2.11. The van der Waals surface area contributed by atoms with Crippen molar-refractivity contribution in [3.63, 3.8) is 0 Å². The Morgan fingerprint density at radius 3 is 2.48 bits per heavy atom. The molecule has 4 nitrogen and oxygen atoms in total. The van der Waals surface area contributed by atoms with E-state index in [1.165, 1.54) is 18.7 Å². The van der Waals surface area contributed by atoms with E-state index in [1.54, 1.807) is 12.1 Å². The lowest BCUT2D eigenvalue weighted by Crippen LogP contribution is -2.03. The second-order valence-electron chi connectivity index (χ2n) is 4.90. The van der Waals surface area contributed by atoms with E-state index in [0.29, 0.717) is 12.4 Å². The summed E-state index contributed by atoms with van der Waals surface area (Å²) in [7, 11) is 1.45. The maximum atomic E-state index is 11.0. The number of rotatable bonds is 5. The summed E-state index contributed by atoms with van der Waals surface area (Å²) in [6.45, 7) is 4.39. The first kappa shape index (κ1) is 14.9. The number of aromatic carboxylic acids is 1. The fraction of sp³-hybridized carbons (Fsp3) is 0.235. The Kier molecular flexibility index (Phi) is 4.48. The molecule has 110 valence electrons. The van der Waals surface area contributed by atoms with Gasteiger partial charge in [-0.2, -0.15) is 0 Å². The molecule has 2 rings (SSSR count). The number of carboxylic acid groups (broad SMARTS) is 1. The molecular weight excluding hydrogens is 268 g/mol. The van der Waals surface area contributed by atoms with E-state index in [0.717, 1.165) is 16.9 Å². The lowest BCUT2D eigenvalue weighted by atomic mass is 10.1. The van der Waals surface area contributed by atoms with Crippen molar-refractivity contribution < 1.29 is 19.4 Å². The molecule has 0 radical (unpaired) electrons. The number of hydrogen-bond donors (Lipinski definition) is 1. The van der Waals surface area contributed by atoms with Crippen molar-refractivity contribution in [3.05, 3.63) is 58.7 Å². The first-order valence-electron chi connectivity index (χ1n) is 6.61. The first-order chi connectivity index (χ1) is 10.0. The number of ether oxygens (including phenoxy) is 2. The summed E-state index contributed by atoms with van der Waals surface area (Å²) in [4.78, 5) is 11.0. The van der Waals surface area contributed by atoms with Gasteiger partial charge in [0.25, 0.3) is 0 Å². The zero-order valence-electron chi connectivity index (χ0n) is 12.3. The smallest absolute Gasteiger partial charge is 0.339 e. The van der Waals surface area contributed by atoms with Crippen molar-refractivity contribution in [2.75, 3.05) is 7.11 Å². The molecule has 21 heavy (non-hydrogen) atoms. The summed E-state index contributed by atoms with van der Waals surface area (Å²) < 4.78 is 10.9. The van der Waals surface area contributed by atoms with Gasteiger partial charge in [-0.05, 0) is 43.2 Å². The molecule has 0 amide bonds. The summed E-state index contributed by atoms with van der Waals surface area (Å²) in [6, 6.07) is 10.9. The van der Waals surface area contributed by atoms with Crippen LogP contribution in [0, 0.1) is 13.8 Å². The summed E-state index contributed by atoms with van der Waals surface area (Å²) in [6.07, 6.45) is 0. The van der Waals surface area contributed by atoms with Gasteiger partial charge in [0, 0.05) is 0 Å². The van der Waals surface area contributed by atoms with Gasteiger partial charge in [0.2, 0.25) is 0 Å². The minimum Gasteiger partial charge on any atom is -0.496 e. The summed E-state index contributed by atoms with van der Waals surface area (Å²) in [5, 5.41) is 9.05. The fourth-order valence-electron chi connectivity index (χ4n) is 2.12. The van der Waals surface area contributed by atoms with Crippen LogP contribution in [0.4, 0.5) is 0 Å². The number of benzene rings is 2. The highest BCUT2D eigenvalue weighted by Gasteiger charge is 2.11. The molecule has 1 N–H and O–H groups in total. The Bertz CT molecular complexity index is 662. The Hall–Kier alpha value is -2.49. The SMILES string of the molecule is COc1cc(COc2ccc(C)cc2C)ccc1C(=O)O. The zero-order valence-corrected chi connectivity index (χ0v) is 12.3. The fourth-order valence-corrected chi connectivity index (χ4v) is 2.12. The molecule has 0 aliphatic carbocycles. The molecule has 0 atom stereocenters.